The Kier molecular flexibility index (Phi) is 10.7. The van der Waals surface area contributed by atoms with Crippen molar-refractivity contribution in [1.29, 1.82) is 0 Å². The highest BCUT2D eigenvalue weighted by Gasteiger charge is 1.97. The summed E-state index contributed by atoms with van der Waals surface area (Å²) in [4.78, 5) is 4.23. The Morgan fingerprint density at radius 1 is 1.04 bits per heavy atom. The van der Waals surface area contributed by atoms with Crippen LogP contribution in [0.3, 0.4) is 0 Å². The second-order valence-electron chi connectivity index (χ2n) is 5.19. The van der Waals surface area contributed by atoms with Gasteiger partial charge in [0.25, 0.3) is 0 Å². The quantitative estimate of drug-likeness (QED) is 0.242. The van der Waals surface area contributed by atoms with Crippen molar-refractivity contribution in [1.82, 2.24) is 20.4 Å². The standard InChI is InChI=1S/C17H26N6.HI/c1-18-17(21-12-6-14-23-15-7-13-22-23)20-11-5-10-19-16-8-3-2-4-9-16;/h2-4,7-9,13,15,19H,5-6,10-12,14H2,1H3,(H2,18,20,21);1H. The van der Waals surface area contributed by atoms with Crippen molar-refractivity contribution >= 4 is 35.6 Å². The first-order valence-corrected chi connectivity index (χ1v) is 8.09. The van der Waals surface area contributed by atoms with E-state index < -0.39 is 0 Å². The maximum Gasteiger partial charge on any atom is 0.190 e. The summed E-state index contributed by atoms with van der Waals surface area (Å²) in [5.74, 6) is 0.852. The monoisotopic (exact) mass is 442 g/mol. The molecule has 0 atom stereocenters. The van der Waals surface area contributed by atoms with Gasteiger partial charge in [0.05, 0.1) is 0 Å². The topological polar surface area (TPSA) is 66.3 Å². The average Bonchev–Trinajstić information content (AvgIpc) is 3.11. The van der Waals surface area contributed by atoms with Crippen LogP contribution in [0, 0.1) is 0 Å². The van der Waals surface area contributed by atoms with Crippen molar-refractivity contribution in [2.24, 2.45) is 4.99 Å². The number of rotatable bonds is 9. The molecule has 1 aromatic carbocycles. The van der Waals surface area contributed by atoms with Gasteiger partial charge in [0.1, 0.15) is 0 Å². The predicted molar refractivity (Wildman–Crippen MR) is 111 cm³/mol. The molecule has 0 unspecified atom stereocenters. The van der Waals surface area contributed by atoms with Gasteiger partial charge in [0, 0.05) is 51.3 Å². The Bertz CT molecular complexity index is 556. The molecule has 0 saturated heterocycles. The van der Waals surface area contributed by atoms with Gasteiger partial charge in [0.15, 0.2) is 5.96 Å². The van der Waals surface area contributed by atoms with E-state index >= 15 is 0 Å². The van der Waals surface area contributed by atoms with E-state index in [1.165, 1.54) is 0 Å². The summed E-state index contributed by atoms with van der Waals surface area (Å²) in [6.45, 7) is 3.62. The second-order valence-corrected chi connectivity index (χ2v) is 5.19. The summed E-state index contributed by atoms with van der Waals surface area (Å²) in [6.07, 6.45) is 5.82. The van der Waals surface area contributed by atoms with Crippen LogP contribution in [0.1, 0.15) is 12.8 Å². The van der Waals surface area contributed by atoms with Crippen LogP contribution in [0.15, 0.2) is 53.8 Å². The van der Waals surface area contributed by atoms with E-state index in [4.69, 9.17) is 0 Å². The van der Waals surface area contributed by atoms with E-state index in [1.54, 1.807) is 13.2 Å². The van der Waals surface area contributed by atoms with E-state index in [0.717, 1.165) is 50.7 Å². The number of para-hydroxylation sites is 1. The molecular formula is C17H27IN6. The van der Waals surface area contributed by atoms with Gasteiger partial charge in [-0.2, -0.15) is 5.10 Å². The molecule has 2 rings (SSSR count). The lowest BCUT2D eigenvalue weighted by Gasteiger charge is -2.12. The third-order valence-electron chi connectivity index (χ3n) is 3.39. The molecule has 1 heterocycles. The van der Waals surface area contributed by atoms with Crippen LogP contribution < -0.4 is 16.0 Å². The summed E-state index contributed by atoms with van der Waals surface area (Å²) in [6, 6.07) is 12.2. The number of hydrogen-bond donors (Lipinski definition) is 3. The molecular weight excluding hydrogens is 415 g/mol. The summed E-state index contributed by atoms with van der Waals surface area (Å²) < 4.78 is 1.94. The molecule has 3 N–H and O–H groups in total. The fraction of sp³-hybridized carbons (Fsp3) is 0.412. The van der Waals surface area contributed by atoms with Crippen LogP contribution in [0.2, 0.25) is 0 Å². The number of aromatic nitrogens is 2. The molecule has 0 aliphatic carbocycles. The van der Waals surface area contributed by atoms with Gasteiger partial charge in [0.2, 0.25) is 0 Å². The maximum absolute atomic E-state index is 4.23. The zero-order valence-electron chi connectivity index (χ0n) is 14.1. The Hall–Kier alpha value is -1.77. The van der Waals surface area contributed by atoms with Crippen molar-refractivity contribution in [3.8, 4) is 0 Å². The van der Waals surface area contributed by atoms with Gasteiger partial charge in [-0.25, -0.2) is 0 Å². The molecule has 2 aromatic rings. The number of benzene rings is 1. The molecule has 132 valence electrons. The van der Waals surface area contributed by atoms with Crippen molar-refractivity contribution in [3.05, 3.63) is 48.8 Å². The minimum atomic E-state index is 0. The van der Waals surface area contributed by atoms with Gasteiger partial charge in [-0.1, -0.05) is 18.2 Å². The Labute approximate surface area is 161 Å². The van der Waals surface area contributed by atoms with Gasteiger partial charge in [-0.15, -0.1) is 24.0 Å². The number of nitrogens with zero attached hydrogens (tertiary/aromatic N) is 3. The van der Waals surface area contributed by atoms with Gasteiger partial charge in [-0.3, -0.25) is 9.67 Å². The molecule has 1 aromatic heterocycles. The number of aryl methyl sites for hydroxylation is 1. The molecule has 0 aliphatic heterocycles. The number of halogens is 1. The van der Waals surface area contributed by atoms with Crippen molar-refractivity contribution in [2.45, 2.75) is 19.4 Å². The summed E-state index contributed by atoms with van der Waals surface area (Å²) in [5, 5.41) is 14.2. The van der Waals surface area contributed by atoms with Crippen LogP contribution in [-0.2, 0) is 6.54 Å². The minimum Gasteiger partial charge on any atom is -0.385 e. The summed E-state index contributed by atoms with van der Waals surface area (Å²) in [5.41, 5.74) is 1.16. The first-order chi connectivity index (χ1) is 11.4. The van der Waals surface area contributed by atoms with Crippen LogP contribution in [0.25, 0.3) is 0 Å². The van der Waals surface area contributed by atoms with Crippen LogP contribution in [0.4, 0.5) is 5.69 Å². The van der Waals surface area contributed by atoms with Crippen LogP contribution >= 0.6 is 24.0 Å². The zero-order chi connectivity index (χ0) is 16.2. The van der Waals surface area contributed by atoms with E-state index in [-0.39, 0.29) is 24.0 Å². The Balaban J connectivity index is 0.00000288. The van der Waals surface area contributed by atoms with Crippen LogP contribution in [0.5, 0.6) is 0 Å². The molecule has 0 amide bonds. The number of hydrogen-bond acceptors (Lipinski definition) is 3. The molecule has 24 heavy (non-hydrogen) atoms. The summed E-state index contributed by atoms with van der Waals surface area (Å²) in [7, 11) is 1.80. The third-order valence-corrected chi connectivity index (χ3v) is 3.39. The number of nitrogens with one attached hydrogen (secondary N) is 3. The smallest absolute Gasteiger partial charge is 0.190 e. The minimum absolute atomic E-state index is 0. The highest BCUT2D eigenvalue weighted by Crippen LogP contribution is 2.03. The first-order valence-electron chi connectivity index (χ1n) is 8.09. The molecule has 0 aliphatic rings. The predicted octanol–water partition coefficient (Wildman–Crippen LogP) is 2.56. The number of anilines is 1. The first kappa shape index (κ1) is 20.3. The van der Waals surface area contributed by atoms with E-state index in [2.05, 4.69) is 38.2 Å². The average molecular weight is 442 g/mol. The van der Waals surface area contributed by atoms with Gasteiger partial charge in [-0.05, 0) is 31.0 Å². The largest absolute Gasteiger partial charge is 0.385 e. The molecule has 7 heteroatoms. The SMILES string of the molecule is CN=C(NCCCNc1ccccc1)NCCCn1cccn1.I. The fourth-order valence-electron chi connectivity index (χ4n) is 2.19. The lowest BCUT2D eigenvalue weighted by Crippen LogP contribution is -2.38. The number of aliphatic imine (C=N–C) groups is 1. The lowest BCUT2D eigenvalue weighted by molar-refractivity contribution is 0.570. The van der Waals surface area contributed by atoms with Crippen molar-refractivity contribution < 1.29 is 0 Å². The Morgan fingerprint density at radius 3 is 2.46 bits per heavy atom. The fourth-order valence-corrected chi connectivity index (χ4v) is 2.19. The third kappa shape index (κ3) is 8.19. The maximum atomic E-state index is 4.23. The molecule has 0 bridgehead atoms. The normalized spacial score (nSPS) is 10.8. The van der Waals surface area contributed by atoms with Gasteiger partial charge >= 0.3 is 0 Å². The van der Waals surface area contributed by atoms with E-state index in [9.17, 15) is 0 Å². The highest BCUT2D eigenvalue weighted by molar-refractivity contribution is 14.0. The molecule has 0 radical (unpaired) electrons. The van der Waals surface area contributed by atoms with E-state index in [0.29, 0.717) is 0 Å². The zero-order valence-corrected chi connectivity index (χ0v) is 16.4. The van der Waals surface area contributed by atoms with Crippen molar-refractivity contribution in [3.63, 3.8) is 0 Å². The van der Waals surface area contributed by atoms with Gasteiger partial charge < -0.3 is 16.0 Å². The van der Waals surface area contributed by atoms with Crippen LogP contribution in [-0.4, -0.2) is 42.4 Å². The lowest BCUT2D eigenvalue weighted by atomic mass is 10.3. The Morgan fingerprint density at radius 2 is 1.79 bits per heavy atom. The molecule has 0 saturated carbocycles. The number of guanidine groups is 1. The van der Waals surface area contributed by atoms with E-state index in [1.807, 2.05) is 35.1 Å². The molecule has 0 spiro atoms. The molecule has 6 nitrogen and oxygen atoms in total. The van der Waals surface area contributed by atoms with Crippen molar-refractivity contribution in [2.75, 3.05) is 32.0 Å². The second kappa shape index (κ2) is 12.6. The highest BCUT2D eigenvalue weighted by atomic mass is 127. The molecule has 0 fully saturated rings. The summed E-state index contributed by atoms with van der Waals surface area (Å²) >= 11 is 0.